The Balaban J connectivity index is 1.73. The van der Waals surface area contributed by atoms with Gasteiger partial charge in [-0.05, 0) is 26.0 Å². The minimum absolute atomic E-state index is 0.0520. The fourth-order valence-electron chi connectivity index (χ4n) is 2.72. The van der Waals surface area contributed by atoms with Crippen LogP contribution >= 0.6 is 0 Å². The summed E-state index contributed by atoms with van der Waals surface area (Å²) in [4.78, 5) is 30.1. The molecule has 0 spiro atoms. The van der Waals surface area contributed by atoms with Crippen molar-refractivity contribution in [3.8, 4) is 0 Å². The van der Waals surface area contributed by atoms with Crippen molar-refractivity contribution in [2.75, 3.05) is 45.8 Å². The Bertz CT molecular complexity index is 475. The SMILES string of the molecule is CCN(CC)C(=O)CCN1CCN(C(=O)c2ccco2)CC1. The first kappa shape index (κ1) is 16.5. The fraction of sp³-hybridized carbons (Fsp3) is 0.625. The molecule has 0 atom stereocenters. The molecule has 0 radical (unpaired) electrons. The van der Waals surface area contributed by atoms with Crippen LogP contribution in [-0.2, 0) is 4.79 Å². The monoisotopic (exact) mass is 307 g/mol. The van der Waals surface area contributed by atoms with Gasteiger partial charge in [0.15, 0.2) is 5.76 Å². The molecule has 0 saturated carbocycles. The number of rotatable bonds is 6. The molecular weight excluding hydrogens is 282 g/mol. The zero-order valence-corrected chi connectivity index (χ0v) is 13.5. The van der Waals surface area contributed by atoms with Crippen LogP contribution in [0.4, 0.5) is 0 Å². The molecule has 0 aromatic carbocycles. The zero-order valence-electron chi connectivity index (χ0n) is 13.5. The number of piperazine rings is 1. The Labute approximate surface area is 131 Å². The molecule has 2 heterocycles. The van der Waals surface area contributed by atoms with Crippen molar-refractivity contribution in [3.63, 3.8) is 0 Å². The van der Waals surface area contributed by atoms with Gasteiger partial charge < -0.3 is 14.2 Å². The van der Waals surface area contributed by atoms with Crippen molar-refractivity contribution >= 4 is 11.8 Å². The predicted octanol–water partition coefficient (Wildman–Crippen LogP) is 1.30. The van der Waals surface area contributed by atoms with Crippen LogP contribution in [0.3, 0.4) is 0 Å². The van der Waals surface area contributed by atoms with Crippen LogP contribution in [0.15, 0.2) is 22.8 Å². The third-order valence-electron chi connectivity index (χ3n) is 4.15. The van der Waals surface area contributed by atoms with Gasteiger partial charge in [0.05, 0.1) is 6.26 Å². The summed E-state index contributed by atoms with van der Waals surface area (Å²) >= 11 is 0. The summed E-state index contributed by atoms with van der Waals surface area (Å²) < 4.78 is 5.15. The zero-order chi connectivity index (χ0) is 15.9. The van der Waals surface area contributed by atoms with E-state index in [1.54, 1.807) is 12.1 Å². The van der Waals surface area contributed by atoms with Gasteiger partial charge in [-0.3, -0.25) is 14.5 Å². The van der Waals surface area contributed by atoms with Gasteiger partial charge in [-0.15, -0.1) is 0 Å². The summed E-state index contributed by atoms with van der Waals surface area (Å²) in [7, 11) is 0. The van der Waals surface area contributed by atoms with E-state index in [9.17, 15) is 9.59 Å². The van der Waals surface area contributed by atoms with Gasteiger partial charge in [-0.25, -0.2) is 0 Å². The second-order valence-electron chi connectivity index (χ2n) is 5.43. The molecule has 2 amide bonds. The van der Waals surface area contributed by atoms with Crippen LogP contribution in [0.1, 0.15) is 30.8 Å². The maximum Gasteiger partial charge on any atom is 0.289 e. The maximum atomic E-state index is 12.2. The van der Waals surface area contributed by atoms with Gasteiger partial charge in [-0.1, -0.05) is 0 Å². The lowest BCUT2D eigenvalue weighted by Crippen LogP contribution is -2.49. The number of carbonyl (C=O) groups excluding carboxylic acids is 2. The molecule has 6 nitrogen and oxygen atoms in total. The molecule has 1 aromatic rings. The normalized spacial score (nSPS) is 15.8. The molecule has 1 saturated heterocycles. The Kier molecular flexibility index (Phi) is 6.00. The highest BCUT2D eigenvalue weighted by atomic mass is 16.3. The van der Waals surface area contributed by atoms with Crippen LogP contribution in [0, 0.1) is 0 Å². The summed E-state index contributed by atoms with van der Waals surface area (Å²) in [5, 5.41) is 0. The van der Waals surface area contributed by atoms with E-state index in [1.165, 1.54) is 6.26 Å². The lowest BCUT2D eigenvalue weighted by Gasteiger charge is -2.34. The van der Waals surface area contributed by atoms with Crippen LogP contribution in [0.5, 0.6) is 0 Å². The number of furan rings is 1. The van der Waals surface area contributed by atoms with Gasteiger partial charge in [0.1, 0.15) is 0 Å². The topological polar surface area (TPSA) is 57.0 Å². The number of carbonyl (C=O) groups is 2. The van der Waals surface area contributed by atoms with Gasteiger partial charge in [0, 0.05) is 52.2 Å². The molecule has 1 aromatic heterocycles. The third kappa shape index (κ3) is 4.10. The summed E-state index contributed by atoms with van der Waals surface area (Å²) in [5.41, 5.74) is 0. The average Bonchev–Trinajstić information content (AvgIpc) is 3.08. The number of hydrogen-bond acceptors (Lipinski definition) is 4. The number of nitrogens with zero attached hydrogens (tertiary/aromatic N) is 3. The molecule has 1 aliphatic heterocycles. The van der Waals surface area contributed by atoms with E-state index < -0.39 is 0 Å². The molecule has 22 heavy (non-hydrogen) atoms. The second-order valence-corrected chi connectivity index (χ2v) is 5.43. The molecule has 0 bridgehead atoms. The quantitative estimate of drug-likeness (QED) is 0.795. The van der Waals surface area contributed by atoms with E-state index >= 15 is 0 Å². The van der Waals surface area contributed by atoms with Gasteiger partial charge >= 0.3 is 0 Å². The van der Waals surface area contributed by atoms with E-state index in [0.29, 0.717) is 25.3 Å². The van der Waals surface area contributed by atoms with E-state index in [0.717, 1.165) is 32.7 Å². The highest BCUT2D eigenvalue weighted by Crippen LogP contribution is 2.10. The molecule has 0 aliphatic carbocycles. The molecule has 122 valence electrons. The molecule has 2 rings (SSSR count). The Morgan fingerprint density at radius 1 is 1.18 bits per heavy atom. The van der Waals surface area contributed by atoms with E-state index in [1.807, 2.05) is 23.6 Å². The predicted molar refractivity (Wildman–Crippen MR) is 83.6 cm³/mol. The molecule has 1 aliphatic rings. The number of hydrogen-bond donors (Lipinski definition) is 0. The van der Waals surface area contributed by atoms with Crippen molar-refractivity contribution in [2.45, 2.75) is 20.3 Å². The first-order chi connectivity index (χ1) is 10.7. The fourth-order valence-corrected chi connectivity index (χ4v) is 2.72. The molecular formula is C16H25N3O3. The summed E-state index contributed by atoms with van der Waals surface area (Å²) in [6, 6.07) is 3.42. The van der Waals surface area contributed by atoms with Crippen molar-refractivity contribution in [3.05, 3.63) is 24.2 Å². The average molecular weight is 307 g/mol. The second kappa shape index (κ2) is 7.98. The smallest absolute Gasteiger partial charge is 0.289 e. The lowest BCUT2D eigenvalue weighted by atomic mass is 10.2. The molecule has 0 unspecified atom stereocenters. The summed E-state index contributed by atoms with van der Waals surface area (Å²) in [5.74, 6) is 0.549. The maximum absolute atomic E-state index is 12.2. The lowest BCUT2D eigenvalue weighted by molar-refractivity contribution is -0.131. The van der Waals surface area contributed by atoms with Crippen LogP contribution in [-0.4, -0.2) is 72.3 Å². The van der Waals surface area contributed by atoms with Crippen LogP contribution in [0.25, 0.3) is 0 Å². The number of amides is 2. The first-order valence-electron chi connectivity index (χ1n) is 7.98. The largest absolute Gasteiger partial charge is 0.459 e. The van der Waals surface area contributed by atoms with Gasteiger partial charge in [0.2, 0.25) is 5.91 Å². The highest BCUT2D eigenvalue weighted by Gasteiger charge is 2.24. The van der Waals surface area contributed by atoms with E-state index in [4.69, 9.17) is 4.42 Å². The Morgan fingerprint density at radius 2 is 1.86 bits per heavy atom. The summed E-state index contributed by atoms with van der Waals surface area (Å²) in [6.07, 6.45) is 2.07. The van der Waals surface area contributed by atoms with Crippen molar-refractivity contribution in [2.24, 2.45) is 0 Å². The Hall–Kier alpha value is -1.82. The molecule has 1 fully saturated rings. The molecule has 0 N–H and O–H groups in total. The van der Waals surface area contributed by atoms with E-state index in [-0.39, 0.29) is 11.8 Å². The Morgan fingerprint density at radius 3 is 2.41 bits per heavy atom. The molecule has 6 heteroatoms. The van der Waals surface area contributed by atoms with Crippen molar-refractivity contribution < 1.29 is 14.0 Å². The van der Waals surface area contributed by atoms with Gasteiger partial charge in [0.25, 0.3) is 5.91 Å². The van der Waals surface area contributed by atoms with Crippen LogP contribution < -0.4 is 0 Å². The minimum atomic E-state index is -0.0520. The highest BCUT2D eigenvalue weighted by molar-refractivity contribution is 5.91. The standard InChI is InChI=1S/C16H25N3O3/c1-3-18(4-2)15(20)7-8-17-9-11-19(12-10-17)16(21)14-6-5-13-22-14/h5-6,13H,3-4,7-12H2,1-2H3. The third-order valence-corrected chi connectivity index (χ3v) is 4.15. The van der Waals surface area contributed by atoms with Crippen LogP contribution in [0.2, 0.25) is 0 Å². The minimum Gasteiger partial charge on any atom is -0.459 e. The van der Waals surface area contributed by atoms with Crippen molar-refractivity contribution in [1.29, 1.82) is 0 Å². The van der Waals surface area contributed by atoms with Gasteiger partial charge in [-0.2, -0.15) is 0 Å². The first-order valence-corrected chi connectivity index (χ1v) is 7.98. The van der Waals surface area contributed by atoms with Crippen molar-refractivity contribution in [1.82, 2.24) is 14.7 Å². The summed E-state index contributed by atoms with van der Waals surface area (Å²) in [6.45, 7) is 9.26. The van der Waals surface area contributed by atoms with E-state index in [2.05, 4.69) is 4.90 Å².